The normalized spacial score (nSPS) is 19.9. The van der Waals surface area contributed by atoms with Gasteiger partial charge in [0.05, 0.1) is 48.9 Å². The van der Waals surface area contributed by atoms with E-state index in [1.807, 2.05) is 30.3 Å². The molecule has 0 saturated carbocycles. The molecule has 0 aromatic heterocycles. The van der Waals surface area contributed by atoms with E-state index in [2.05, 4.69) is 16.0 Å². The number of nitrogens with zero attached hydrogens (tertiary/aromatic N) is 4. The lowest BCUT2D eigenvalue weighted by Gasteiger charge is -2.38. The molecule has 0 spiro atoms. The standard InChI is InChI=1S/C60H66FN7O10S/c1-38(43-28-30-46(61)31-29-43)68(6,79(7,76)77)48-35-44(55(70)63-49(32-40-20-12-8-13-21-40)53(69)51-56(71)65(5)60(3,4)64-51)34-45(36-48)58(73)78-54(52-57(72)66(39(2)62-52)37-42-24-16-10-17-25-42)50(33-41-22-14-9-15-23-41)67(59(74)75)47-26-18-11-19-27-47/h8-31,34-36,38-39,49-54,62,64,69H,32-33,37H2,1-7H3,(H-,63,70,74,75)/p+1/t38-,39?,49+,50+,51+,52?,53+,54?,68?/m1/s1. The number of quaternary nitrogens is 1. The summed E-state index contributed by atoms with van der Waals surface area (Å²) in [5, 5.41) is 32.7. The fourth-order valence-electron chi connectivity index (χ4n) is 10.5. The summed E-state index contributed by atoms with van der Waals surface area (Å²) in [5.41, 5.74) is 1.16. The summed E-state index contributed by atoms with van der Waals surface area (Å²) < 4.78 is 48.9. The minimum Gasteiger partial charge on any atom is -0.465 e. The molecular formula is C60H67FN7O10S+. The molecule has 4 unspecified atom stereocenters. The van der Waals surface area contributed by atoms with Crippen LogP contribution in [0, 0.1) is 5.82 Å². The van der Waals surface area contributed by atoms with Crippen molar-refractivity contribution in [1.29, 1.82) is 0 Å². The minimum atomic E-state index is -4.31. The van der Waals surface area contributed by atoms with Gasteiger partial charge in [0.25, 0.3) is 15.9 Å². The van der Waals surface area contributed by atoms with E-state index < -0.39 is 104 Å². The Morgan fingerprint density at radius 1 is 0.785 bits per heavy atom. The van der Waals surface area contributed by atoms with Crippen LogP contribution >= 0.6 is 0 Å². The van der Waals surface area contributed by atoms with E-state index in [0.717, 1.165) is 16.7 Å². The number of aliphatic hydroxyl groups is 1. The summed E-state index contributed by atoms with van der Waals surface area (Å²) in [4.78, 5) is 77.2. The molecule has 6 aromatic carbocycles. The van der Waals surface area contributed by atoms with Crippen molar-refractivity contribution >= 4 is 51.2 Å². The molecule has 6 aromatic rings. The largest absolute Gasteiger partial charge is 0.465 e. The van der Waals surface area contributed by atoms with Gasteiger partial charge in [0.2, 0.25) is 11.8 Å². The lowest BCUT2D eigenvalue weighted by Crippen LogP contribution is -2.58. The Bertz CT molecular complexity index is 3270. The lowest BCUT2D eigenvalue weighted by molar-refractivity contribution is -0.133. The van der Waals surface area contributed by atoms with Gasteiger partial charge in [0.15, 0.2) is 0 Å². The number of sulfonamides is 1. The van der Waals surface area contributed by atoms with Gasteiger partial charge in [0.1, 0.15) is 35.7 Å². The van der Waals surface area contributed by atoms with Gasteiger partial charge in [0, 0.05) is 42.5 Å². The SMILES string of the molecule is CC1NC(C(OC(=O)c2cc(C(=O)N[C@@H](Cc3ccccc3)[C@H](O)[C@@H]3NC(C)(C)N(C)C3=O)cc([N+](C)([C@H](C)c3ccc(F)cc3)S(C)(=O)=O)c2)[C@H](Cc2ccccc2)N(C(=O)O)c2ccccc2)C(=O)N1Cc1ccccc1. The highest BCUT2D eigenvalue weighted by atomic mass is 32.2. The second-order valence-corrected chi connectivity index (χ2v) is 23.2. The topological polar surface area (TPSA) is 215 Å². The van der Waals surface area contributed by atoms with Crippen molar-refractivity contribution < 1.29 is 51.7 Å². The summed E-state index contributed by atoms with van der Waals surface area (Å²) in [7, 11) is -1.34. The Balaban J connectivity index is 1.28. The number of rotatable bonds is 20. The van der Waals surface area contributed by atoms with Crippen LogP contribution in [0.4, 0.5) is 20.6 Å². The van der Waals surface area contributed by atoms with Crippen molar-refractivity contribution in [2.45, 2.75) is 101 Å². The molecule has 2 saturated heterocycles. The summed E-state index contributed by atoms with van der Waals surface area (Å²) >= 11 is 0. The van der Waals surface area contributed by atoms with Gasteiger partial charge < -0.3 is 30.1 Å². The molecule has 2 aliphatic heterocycles. The van der Waals surface area contributed by atoms with Crippen LogP contribution in [0.25, 0.3) is 0 Å². The number of halogens is 1. The number of carbonyl (C=O) groups excluding carboxylic acids is 4. The molecule has 2 heterocycles. The number of aliphatic hydroxyl groups excluding tert-OH is 1. The summed E-state index contributed by atoms with van der Waals surface area (Å²) in [5.74, 6) is -3.51. The average molecular weight is 1100 g/mol. The molecule has 17 nitrogen and oxygen atoms in total. The molecule has 9 atom stereocenters. The van der Waals surface area contributed by atoms with Crippen LogP contribution in [-0.4, -0.2) is 127 Å². The number of ether oxygens (including phenoxy) is 1. The number of hydrogen-bond donors (Lipinski definition) is 5. The number of para-hydroxylation sites is 1. The summed E-state index contributed by atoms with van der Waals surface area (Å²) in [6.45, 7) is 7.06. The highest BCUT2D eigenvalue weighted by Gasteiger charge is 2.51. The third-order valence-corrected chi connectivity index (χ3v) is 17.4. The molecule has 2 aliphatic rings. The van der Waals surface area contributed by atoms with Crippen LogP contribution in [0.5, 0.6) is 0 Å². The van der Waals surface area contributed by atoms with Gasteiger partial charge in [-0.15, -0.1) is 0 Å². The van der Waals surface area contributed by atoms with E-state index in [1.54, 1.807) is 131 Å². The van der Waals surface area contributed by atoms with Gasteiger partial charge in [-0.3, -0.25) is 29.9 Å². The zero-order valence-electron chi connectivity index (χ0n) is 45.1. The van der Waals surface area contributed by atoms with E-state index in [-0.39, 0.29) is 41.9 Å². The highest BCUT2D eigenvalue weighted by Crippen LogP contribution is 2.39. The van der Waals surface area contributed by atoms with Gasteiger partial charge in [-0.1, -0.05) is 121 Å². The number of benzene rings is 6. The number of amides is 4. The number of likely N-dealkylation sites (N-methyl/N-ethyl adjacent to an activating group) is 1. The molecule has 2 fully saturated rings. The Kier molecular flexibility index (Phi) is 17.2. The smallest absolute Gasteiger partial charge is 0.412 e. The molecule has 414 valence electrons. The molecule has 0 bridgehead atoms. The number of esters is 1. The van der Waals surface area contributed by atoms with Gasteiger partial charge >= 0.3 is 12.1 Å². The third kappa shape index (κ3) is 12.4. The summed E-state index contributed by atoms with van der Waals surface area (Å²) in [6, 6.07) is 38.3. The fraction of sp³-hybridized carbons (Fsp3) is 0.317. The van der Waals surface area contributed by atoms with Gasteiger partial charge in [-0.2, -0.15) is 12.3 Å². The van der Waals surface area contributed by atoms with Crippen LogP contribution in [0.2, 0.25) is 0 Å². The molecule has 8 rings (SSSR count). The molecule has 5 N–H and O–H groups in total. The highest BCUT2D eigenvalue weighted by molar-refractivity contribution is 7.90. The van der Waals surface area contributed by atoms with Crippen LogP contribution in [-0.2, 0) is 43.7 Å². The van der Waals surface area contributed by atoms with E-state index in [4.69, 9.17) is 4.74 Å². The van der Waals surface area contributed by atoms with E-state index in [0.29, 0.717) is 16.7 Å². The Hall–Kier alpha value is -7.81. The quantitative estimate of drug-likeness (QED) is 0.0386. The third-order valence-electron chi connectivity index (χ3n) is 15.5. The number of anilines is 1. The predicted molar refractivity (Wildman–Crippen MR) is 298 cm³/mol. The van der Waals surface area contributed by atoms with E-state index in [1.165, 1.54) is 54.4 Å². The summed E-state index contributed by atoms with van der Waals surface area (Å²) in [6.07, 6.45) is -4.24. The van der Waals surface area contributed by atoms with Gasteiger partial charge in [-0.05, 0) is 87.6 Å². The number of nitrogens with one attached hydrogen (secondary N) is 3. The first kappa shape index (κ1) is 57.4. The van der Waals surface area contributed by atoms with Crippen molar-refractivity contribution in [3.05, 3.63) is 203 Å². The molecule has 4 amide bonds. The first-order chi connectivity index (χ1) is 37.5. The van der Waals surface area contributed by atoms with E-state index in [9.17, 15) is 32.6 Å². The zero-order valence-corrected chi connectivity index (χ0v) is 45.9. The van der Waals surface area contributed by atoms with Gasteiger partial charge in [-0.25, -0.2) is 14.0 Å². The first-order valence-corrected chi connectivity index (χ1v) is 27.8. The maximum absolute atomic E-state index is 15.6. The average Bonchev–Trinajstić information content (AvgIpc) is 3.83. The molecule has 0 aliphatic carbocycles. The van der Waals surface area contributed by atoms with Crippen LogP contribution in [0.1, 0.15) is 76.7 Å². The van der Waals surface area contributed by atoms with Crippen molar-refractivity contribution in [2.75, 3.05) is 25.3 Å². The number of carboxylic acid groups (broad SMARTS) is 1. The number of carbonyl (C=O) groups is 5. The zero-order chi connectivity index (χ0) is 57.0. The second-order valence-electron chi connectivity index (χ2n) is 20.9. The van der Waals surface area contributed by atoms with Crippen LogP contribution in [0.3, 0.4) is 0 Å². The van der Waals surface area contributed by atoms with E-state index >= 15 is 14.4 Å². The molecule has 19 heteroatoms. The first-order valence-electron chi connectivity index (χ1n) is 26.0. The Labute approximate surface area is 460 Å². The maximum Gasteiger partial charge on any atom is 0.412 e. The predicted octanol–water partition coefficient (Wildman–Crippen LogP) is 7.02. The lowest BCUT2D eigenvalue weighted by atomic mass is 9.93. The van der Waals surface area contributed by atoms with Crippen molar-refractivity contribution in [3.63, 3.8) is 0 Å². The van der Waals surface area contributed by atoms with Crippen LogP contribution < -0.4 is 24.7 Å². The fourth-order valence-corrected chi connectivity index (χ4v) is 11.7. The number of hydrogen-bond acceptors (Lipinski definition) is 11. The minimum absolute atomic E-state index is 0.0325. The molecule has 0 radical (unpaired) electrons. The maximum atomic E-state index is 15.6. The van der Waals surface area contributed by atoms with Crippen molar-refractivity contribution in [1.82, 2.24) is 29.6 Å². The molecule has 79 heavy (non-hydrogen) atoms. The monoisotopic (exact) mass is 1100 g/mol. The van der Waals surface area contributed by atoms with Crippen LogP contribution in [0.15, 0.2) is 164 Å². The molecular weight excluding hydrogens is 1030 g/mol. The Morgan fingerprint density at radius 3 is 1.85 bits per heavy atom. The Morgan fingerprint density at radius 2 is 1.32 bits per heavy atom. The van der Waals surface area contributed by atoms with Crippen molar-refractivity contribution in [3.8, 4) is 0 Å². The second kappa shape index (κ2) is 23.7. The van der Waals surface area contributed by atoms with Crippen molar-refractivity contribution in [2.24, 2.45) is 0 Å².